The molecule has 0 aliphatic heterocycles. The monoisotopic (exact) mass is 672 g/mol. The molecule has 9 heteroatoms. The molecule has 0 aliphatic rings. The van der Waals surface area contributed by atoms with Gasteiger partial charge in [-0.1, -0.05) is 35.4 Å². The summed E-state index contributed by atoms with van der Waals surface area (Å²) in [5.41, 5.74) is 12.5. The van der Waals surface area contributed by atoms with E-state index >= 15 is 0 Å². The zero-order valence-electron chi connectivity index (χ0n) is 29.9. The van der Waals surface area contributed by atoms with Gasteiger partial charge in [0.1, 0.15) is 0 Å². The Morgan fingerprint density at radius 1 is 0.404 bits per heavy atom. The molecule has 1 heterocycles. The minimum absolute atomic E-state index is 0.463. The van der Waals surface area contributed by atoms with Crippen molar-refractivity contribution in [3.63, 3.8) is 0 Å². The lowest BCUT2D eigenvalue weighted by atomic mass is 9.93. The maximum Gasteiger partial charge on any atom is 0.0736 e. The summed E-state index contributed by atoms with van der Waals surface area (Å²) in [5, 5.41) is 0. The first-order valence-electron chi connectivity index (χ1n) is 16.5. The number of benzene rings is 2. The zero-order valence-corrected chi connectivity index (χ0v) is 30.7. The fraction of sp³-hybridized carbons (Fsp3) is 0.579. The highest BCUT2D eigenvalue weighted by molar-refractivity contribution is 7.19. The van der Waals surface area contributed by atoms with Gasteiger partial charge in [0.25, 0.3) is 0 Å². The normalized spacial score (nSPS) is 11.6. The highest BCUT2D eigenvalue weighted by Crippen LogP contribution is 2.47. The third-order valence-corrected chi connectivity index (χ3v) is 9.08. The Hall–Kier alpha value is -2.18. The van der Waals surface area contributed by atoms with Crippen LogP contribution in [0, 0.1) is 41.5 Å². The first-order chi connectivity index (χ1) is 22.8. The number of hydrogen-bond acceptors (Lipinski definition) is 9. The summed E-state index contributed by atoms with van der Waals surface area (Å²) in [6.07, 6.45) is 0. The van der Waals surface area contributed by atoms with Crippen molar-refractivity contribution in [3.05, 3.63) is 68.8 Å². The lowest BCUT2D eigenvalue weighted by molar-refractivity contribution is -0.00150. The van der Waals surface area contributed by atoms with E-state index in [-0.39, 0.29) is 0 Å². The molecule has 8 nitrogen and oxygen atoms in total. The number of ether oxygens (including phenoxy) is 8. The highest BCUT2D eigenvalue weighted by Gasteiger charge is 2.25. The van der Waals surface area contributed by atoms with E-state index in [0.29, 0.717) is 92.5 Å². The summed E-state index contributed by atoms with van der Waals surface area (Å²) in [7, 11) is 3.33. The van der Waals surface area contributed by atoms with E-state index in [0.717, 1.165) is 0 Å². The molecule has 0 atom stereocenters. The largest absolute Gasteiger partial charge is 0.382 e. The smallest absolute Gasteiger partial charge is 0.0736 e. The van der Waals surface area contributed by atoms with E-state index in [2.05, 4.69) is 65.8 Å². The summed E-state index contributed by atoms with van der Waals surface area (Å²) in [4.78, 5) is 2.48. The minimum atomic E-state index is 0.463. The zero-order chi connectivity index (χ0) is 34.0. The van der Waals surface area contributed by atoms with Crippen molar-refractivity contribution >= 4 is 11.3 Å². The van der Waals surface area contributed by atoms with Crippen LogP contribution in [-0.4, -0.2) is 93.5 Å². The van der Waals surface area contributed by atoms with Gasteiger partial charge < -0.3 is 37.9 Å². The van der Waals surface area contributed by atoms with Gasteiger partial charge in [-0.3, -0.25) is 0 Å². The molecule has 0 N–H and O–H groups in total. The average Bonchev–Trinajstić information content (AvgIpc) is 3.34. The Morgan fingerprint density at radius 2 is 0.681 bits per heavy atom. The number of rotatable bonds is 24. The maximum absolute atomic E-state index is 6.32. The Morgan fingerprint density at radius 3 is 0.979 bits per heavy atom. The highest BCUT2D eigenvalue weighted by atomic mass is 32.1. The topological polar surface area (TPSA) is 73.8 Å². The van der Waals surface area contributed by atoms with Gasteiger partial charge >= 0.3 is 0 Å². The van der Waals surface area contributed by atoms with Crippen molar-refractivity contribution in [1.82, 2.24) is 0 Å². The molecule has 3 aromatic rings. The average molecular weight is 673 g/mol. The molecular weight excluding hydrogens is 616 g/mol. The van der Waals surface area contributed by atoms with E-state index in [1.54, 1.807) is 14.2 Å². The molecule has 0 saturated heterocycles. The van der Waals surface area contributed by atoms with Crippen LogP contribution in [0.3, 0.4) is 0 Å². The maximum atomic E-state index is 6.32. The SMILES string of the molecule is COCCOCCOCCOCc1c(-c2c(C)cc(C)cc2C)sc(-c2c(C)cc(C)cc2C)c1COCCOCCOCCOC. The summed E-state index contributed by atoms with van der Waals surface area (Å²) >= 11 is 1.85. The number of methoxy groups -OCH3 is 2. The van der Waals surface area contributed by atoms with E-state index in [1.807, 2.05) is 11.3 Å². The van der Waals surface area contributed by atoms with Gasteiger partial charge in [-0.05, 0) is 74.9 Å². The van der Waals surface area contributed by atoms with E-state index in [1.165, 1.54) is 65.4 Å². The van der Waals surface area contributed by atoms with E-state index in [4.69, 9.17) is 37.9 Å². The molecule has 2 aromatic carbocycles. The third-order valence-electron chi connectivity index (χ3n) is 7.77. The number of hydrogen-bond donors (Lipinski definition) is 0. The van der Waals surface area contributed by atoms with Gasteiger partial charge in [-0.25, -0.2) is 0 Å². The molecule has 0 fully saturated rings. The second kappa shape index (κ2) is 21.7. The molecule has 3 rings (SSSR count). The van der Waals surface area contributed by atoms with Gasteiger partial charge in [-0.15, -0.1) is 11.3 Å². The van der Waals surface area contributed by atoms with Crippen LogP contribution >= 0.6 is 11.3 Å². The second-order valence-corrected chi connectivity index (χ2v) is 12.8. The summed E-state index contributed by atoms with van der Waals surface area (Å²) in [6.45, 7) is 20.4. The predicted octanol–water partition coefficient (Wildman–Crippen LogP) is 7.33. The van der Waals surface area contributed by atoms with Crippen molar-refractivity contribution in [1.29, 1.82) is 0 Å². The first kappa shape index (κ1) is 39.3. The fourth-order valence-corrected chi connectivity index (χ4v) is 7.46. The predicted molar refractivity (Wildman–Crippen MR) is 190 cm³/mol. The van der Waals surface area contributed by atoms with Crippen LogP contribution in [0.25, 0.3) is 20.9 Å². The molecule has 0 radical (unpaired) electrons. The summed E-state index contributed by atoms with van der Waals surface area (Å²) < 4.78 is 45.2. The van der Waals surface area contributed by atoms with Crippen molar-refractivity contribution in [2.45, 2.75) is 54.8 Å². The van der Waals surface area contributed by atoms with Crippen molar-refractivity contribution < 1.29 is 37.9 Å². The van der Waals surface area contributed by atoms with Gasteiger partial charge in [0.2, 0.25) is 0 Å². The first-order valence-corrected chi connectivity index (χ1v) is 17.3. The molecule has 262 valence electrons. The van der Waals surface area contributed by atoms with Crippen LogP contribution in [-0.2, 0) is 51.1 Å². The summed E-state index contributed by atoms with van der Waals surface area (Å²) in [5.74, 6) is 0. The fourth-order valence-electron chi connectivity index (χ4n) is 5.80. The minimum Gasteiger partial charge on any atom is -0.382 e. The number of thiophene rings is 1. The number of aryl methyl sites for hydroxylation is 6. The Bertz CT molecular complexity index is 1210. The molecule has 0 bridgehead atoms. The van der Waals surface area contributed by atoms with Crippen LogP contribution < -0.4 is 0 Å². The van der Waals surface area contributed by atoms with Crippen LogP contribution in [0.2, 0.25) is 0 Å². The Balaban J connectivity index is 1.85. The van der Waals surface area contributed by atoms with Gasteiger partial charge in [0, 0.05) is 35.1 Å². The molecular formula is C38H56O8S. The van der Waals surface area contributed by atoms with Gasteiger partial charge in [0.15, 0.2) is 0 Å². The van der Waals surface area contributed by atoms with Crippen LogP contribution in [0.1, 0.15) is 44.5 Å². The Labute approximate surface area is 286 Å². The van der Waals surface area contributed by atoms with Crippen molar-refractivity contribution in [2.75, 3.05) is 93.5 Å². The summed E-state index contributed by atoms with van der Waals surface area (Å²) in [6, 6.07) is 9.07. The second-order valence-electron chi connectivity index (χ2n) is 11.8. The van der Waals surface area contributed by atoms with Gasteiger partial charge in [-0.2, -0.15) is 0 Å². The van der Waals surface area contributed by atoms with Crippen LogP contribution in [0.4, 0.5) is 0 Å². The van der Waals surface area contributed by atoms with E-state index in [9.17, 15) is 0 Å². The van der Waals surface area contributed by atoms with Crippen LogP contribution in [0.15, 0.2) is 24.3 Å². The molecule has 1 aromatic heterocycles. The molecule has 0 aliphatic carbocycles. The van der Waals surface area contributed by atoms with Crippen molar-refractivity contribution in [2.24, 2.45) is 0 Å². The van der Waals surface area contributed by atoms with Crippen LogP contribution in [0.5, 0.6) is 0 Å². The lowest BCUT2D eigenvalue weighted by Crippen LogP contribution is -2.12. The standard InChI is InChI=1S/C38H56O8S/c1-27-21-29(3)35(30(4)22-27)37-33(25-45-19-17-43-15-13-41-11-9-39-7)34(26-46-20-18-44-16-14-42-12-10-40-8)38(47-37)36-31(5)23-28(2)24-32(36)6/h21-24H,9-20,25-26H2,1-8H3. The third kappa shape index (κ3) is 12.7. The molecule has 47 heavy (non-hydrogen) atoms. The molecule has 0 amide bonds. The molecule has 0 spiro atoms. The van der Waals surface area contributed by atoms with Gasteiger partial charge in [0.05, 0.1) is 92.5 Å². The van der Waals surface area contributed by atoms with E-state index < -0.39 is 0 Å². The lowest BCUT2D eigenvalue weighted by Gasteiger charge is -2.15. The van der Waals surface area contributed by atoms with Crippen molar-refractivity contribution in [3.8, 4) is 20.9 Å². The Kier molecular flexibility index (Phi) is 18.1. The molecule has 0 unspecified atom stereocenters. The molecule has 0 saturated carbocycles. The quantitative estimate of drug-likeness (QED) is 0.0917.